The molecule has 2 aromatic rings. The summed E-state index contributed by atoms with van der Waals surface area (Å²) in [4.78, 5) is 21.0. The molecule has 5 nitrogen and oxygen atoms in total. The Morgan fingerprint density at radius 2 is 2.27 bits per heavy atom. The molecule has 0 aliphatic heterocycles. The molecule has 2 aromatic heterocycles. The van der Waals surface area contributed by atoms with E-state index in [-0.39, 0.29) is 12.3 Å². The normalized spacial score (nSPS) is 13.5. The van der Waals surface area contributed by atoms with Crippen LogP contribution in [0.5, 0.6) is 0 Å². The number of hydrogen-bond acceptors (Lipinski definition) is 6. The van der Waals surface area contributed by atoms with E-state index < -0.39 is 0 Å². The summed E-state index contributed by atoms with van der Waals surface area (Å²) in [6, 6.07) is 0. The zero-order valence-corrected chi connectivity index (χ0v) is 14.2. The summed E-state index contributed by atoms with van der Waals surface area (Å²) >= 11 is 3.25. The maximum Gasteiger partial charge on any atom is 0.348 e. The lowest BCUT2D eigenvalue weighted by Crippen LogP contribution is -2.27. The molecule has 0 unspecified atom stereocenters. The Morgan fingerprint density at radius 3 is 3.00 bits per heavy atom. The van der Waals surface area contributed by atoms with Crippen LogP contribution in [0.3, 0.4) is 0 Å². The third-order valence-electron chi connectivity index (χ3n) is 3.76. The van der Waals surface area contributed by atoms with Gasteiger partial charge in [0.25, 0.3) is 0 Å². The molecule has 0 fully saturated rings. The third kappa shape index (κ3) is 3.26. The molecular weight excluding hydrogens is 318 g/mol. The summed E-state index contributed by atoms with van der Waals surface area (Å²) in [7, 11) is 0. The zero-order chi connectivity index (χ0) is 15.5. The Labute approximate surface area is 137 Å². The molecule has 2 heterocycles. The van der Waals surface area contributed by atoms with E-state index in [1.807, 2.05) is 6.92 Å². The van der Waals surface area contributed by atoms with Crippen LogP contribution in [0.1, 0.15) is 34.8 Å². The molecule has 1 N–H and O–H groups in total. The van der Waals surface area contributed by atoms with Gasteiger partial charge in [0.1, 0.15) is 5.03 Å². The largest absolute Gasteiger partial charge is 0.396 e. The maximum absolute atomic E-state index is 12.3. The fourth-order valence-electron chi connectivity index (χ4n) is 2.78. The van der Waals surface area contributed by atoms with Gasteiger partial charge >= 0.3 is 5.69 Å². The molecule has 0 amide bonds. The third-order valence-corrected chi connectivity index (χ3v) is 5.64. The van der Waals surface area contributed by atoms with E-state index >= 15 is 0 Å². The van der Waals surface area contributed by atoms with Gasteiger partial charge in [0, 0.05) is 35.5 Å². The van der Waals surface area contributed by atoms with Crippen molar-refractivity contribution in [2.75, 3.05) is 6.61 Å². The molecule has 22 heavy (non-hydrogen) atoms. The van der Waals surface area contributed by atoms with Crippen molar-refractivity contribution in [1.29, 1.82) is 0 Å². The number of aromatic nitrogens is 3. The number of aliphatic hydroxyl groups is 1. The van der Waals surface area contributed by atoms with E-state index in [1.165, 1.54) is 5.56 Å². The first-order valence-electron chi connectivity index (χ1n) is 7.46. The first-order valence-corrected chi connectivity index (χ1v) is 9.33. The SMILES string of the molecule is Cc1nc(CSc2nc(=O)n(CCCO)c3c2CCC3)cs1. The summed E-state index contributed by atoms with van der Waals surface area (Å²) in [5.41, 5.74) is 3.19. The van der Waals surface area contributed by atoms with E-state index in [4.69, 9.17) is 5.11 Å². The van der Waals surface area contributed by atoms with Gasteiger partial charge in [-0.05, 0) is 32.6 Å². The summed E-state index contributed by atoms with van der Waals surface area (Å²) in [5, 5.41) is 13.0. The van der Waals surface area contributed by atoms with E-state index in [1.54, 1.807) is 27.7 Å². The van der Waals surface area contributed by atoms with Crippen molar-refractivity contribution < 1.29 is 5.11 Å². The highest BCUT2D eigenvalue weighted by Crippen LogP contribution is 2.31. The number of hydrogen-bond donors (Lipinski definition) is 1. The Balaban J connectivity index is 1.84. The van der Waals surface area contributed by atoms with Crippen LogP contribution in [0, 0.1) is 6.92 Å². The van der Waals surface area contributed by atoms with Crippen LogP contribution in [-0.4, -0.2) is 26.2 Å². The van der Waals surface area contributed by atoms with Crippen LogP contribution in [0.4, 0.5) is 0 Å². The molecule has 1 aliphatic carbocycles. The van der Waals surface area contributed by atoms with Gasteiger partial charge in [0.15, 0.2) is 0 Å². The Kier molecular flexibility index (Phi) is 4.95. The van der Waals surface area contributed by atoms with Crippen LogP contribution in [0.25, 0.3) is 0 Å². The number of nitrogens with zero attached hydrogens (tertiary/aromatic N) is 3. The van der Waals surface area contributed by atoms with Crippen LogP contribution in [-0.2, 0) is 25.1 Å². The van der Waals surface area contributed by atoms with Crippen LogP contribution < -0.4 is 5.69 Å². The average molecular weight is 337 g/mol. The molecule has 3 rings (SSSR count). The van der Waals surface area contributed by atoms with E-state index in [0.717, 1.165) is 46.4 Å². The highest BCUT2D eigenvalue weighted by Gasteiger charge is 2.21. The quantitative estimate of drug-likeness (QED) is 0.646. The Hall–Kier alpha value is -1.18. The summed E-state index contributed by atoms with van der Waals surface area (Å²) in [6.45, 7) is 2.65. The Morgan fingerprint density at radius 1 is 1.41 bits per heavy atom. The fraction of sp³-hybridized carbons (Fsp3) is 0.533. The molecule has 0 saturated heterocycles. The summed E-state index contributed by atoms with van der Waals surface area (Å²) in [5.74, 6) is 0.754. The molecule has 0 spiro atoms. The molecule has 0 saturated carbocycles. The van der Waals surface area contributed by atoms with Crippen LogP contribution in [0.2, 0.25) is 0 Å². The molecule has 0 bridgehead atoms. The predicted molar refractivity (Wildman–Crippen MR) is 88.6 cm³/mol. The molecule has 0 atom stereocenters. The predicted octanol–water partition coefficient (Wildman–Crippen LogP) is 2.17. The lowest BCUT2D eigenvalue weighted by molar-refractivity contribution is 0.277. The molecular formula is C15H19N3O2S2. The van der Waals surface area contributed by atoms with E-state index in [0.29, 0.717) is 13.0 Å². The summed E-state index contributed by atoms with van der Waals surface area (Å²) in [6.07, 6.45) is 3.59. The second-order valence-corrected chi connectivity index (χ2v) is 7.38. The van der Waals surface area contributed by atoms with Crippen molar-refractivity contribution in [2.24, 2.45) is 0 Å². The van der Waals surface area contributed by atoms with Crippen LogP contribution >= 0.6 is 23.1 Å². The first-order chi connectivity index (χ1) is 10.7. The van der Waals surface area contributed by atoms with Gasteiger partial charge in [-0.15, -0.1) is 11.3 Å². The fourth-order valence-corrected chi connectivity index (χ4v) is 4.47. The van der Waals surface area contributed by atoms with Crippen LogP contribution in [0.15, 0.2) is 15.2 Å². The van der Waals surface area contributed by atoms with Gasteiger partial charge < -0.3 is 5.11 Å². The number of thiazole rings is 1. The first kappa shape index (κ1) is 15.7. The van der Waals surface area contributed by atoms with Crippen molar-refractivity contribution in [3.05, 3.63) is 37.8 Å². The van der Waals surface area contributed by atoms with Crippen molar-refractivity contribution in [3.63, 3.8) is 0 Å². The summed E-state index contributed by atoms with van der Waals surface area (Å²) < 4.78 is 1.75. The molecule has 0 radical (unpaired) electrons. The maximum atomic E-state index is 12.3. The monoisotopic (exact) mass is 337 g/mol. The van der Waals surface area contributed by atoms with E-state index in [9.17, 15) is 4.79 Å². The van der Waals surface area contributed by atoms with Gasteiger partial charge in [-0.25, -0.2) is 9.78 Å². The number of aliphatic hydroxyl groups excluding tert-OH is 1. The number of fused-ring (bicyclic) bond motifs is 1. The van der Waals surface area contributed by atoms with Gasteiger partial charge in [-0.1, -0.05) is 11.8 Å². The minimum atomic E-state index is -0.189. The van der Waals surface area contributed by atoms with Crippen molar-refractivity contribution in [3.8, 4) is 0 Å². The smallest absolute Gasteiger partial charge is 0.348 e. The van der Waals surface area contributed by atoms with Crippen molar-refractivity contribution in [2.45, 2.75) is 49.9 Å². The molecule has 7 heteroatoms. The van der Waals surface area contributed by atoms with E-state index in [2.05, 4.69) is 15.3 Å². The van der Waals surface area contributed by atoms with Crippen molar-refractivity contribution >= 4 is 23.1 Å². The minimum Gasteiger partial charge on any atom is -0.396 e. The minimum absolute atomic E-state index is 0.0981. The highest BCUT2D eigenvalue weighted by atomic mass is 32.2. The molecule has 0 aromatic carbocycles. The van der Waals surface area contributed by atoms with Gasteiger partial charge in [0.2, 0.25) is 0 Å². The van der Waals surface area contributed by atoms with Crippen molar-refractivity contribution in [1.82, 2.24) is 14.5 Å². The second-order valence-electron chi connectivity index (χ2n) is 5.35. The number of rotatable bonds is 6. The molecule has 1 aliphatic rings. The second kappa shape index (κ2) is 6.93. The zero-order valence-electron chi connectivity index (χ0n) is 12.5. The van der Waals surface area contributed by atoms with Gasteiger partial charge in [0.05, 0.1) is 10.7 Å². The topological polar surface area (TPSA) is 68.0 Å². The Bertz CT molecular complexity index is 724. The lowest BCUT2D eigenvalue weighted by atomic mass is 10.2. The van der Waals surface area contributed by atoms with Gasteiger partial charge in [-0.3, -0.25) is 4.57 Å². The highest BCUT2D eigenvalue weighted by molar-refractivity contribution is 7.98. The number of aryl methyl sites for hydroxylation is 1. The standard InChI is InChI=1S/C15H19N3O2S2/c1-10-16-11(8-21-10)9-22-14-12-4-2-5-13(12)18(6-3-7-19)15(20)17-14/h8,19H,2-7,9H2,1H3. The number of thioether (sulfide) groups is 1. The molecule has 118 valence electrons. The average Bonchev–Trinajstić information content (AvgIpc) is 3.13. The lowest BCUT2D eigenvalue weighted by Gasteiger charge is -2.13. The van der Waals surface area contributed by atoms with Gasteiger partial charge in [-0.2, -0.15) is 4.98 Å².